The Morgan fingerprint density at radius 2 is 1.91 bits per heavy atom. The molecule has 0 fully saturated rings. The predicted octanol–water partition coefficient (Wildman–Crippen LogP) is 4.88. The lowest BCUT2D eigenvalue weighted by molar-refractivity contribution is -0.139. The molecule has 3 aromatic carbocycles. The number of allylic oxidation sites excluding steroid dienone is 1. The first-order valence-corrected chi connectivity index (χ1v) is 15.1. The van der Waals surface area contributed by atoms with Gasteiger partial charge in [0.1, 0.15) is 18.1 Å². The summed E-state index contributed by atoms with van der Waals surface area (Å²) in [5.74, 6) is 2.26. The maximum Gasteiger partial charge on any atom is 0.338 e. The first-order chi connectivity index (χ1) is 20.9. The van der Waals surface area contributed by atoms with Gasteiger partial charge in [-0.15, -0.1) is 0 Å². The monoisotopic (exact) mass is 662 g/mol. The van der Waals surface area contributed by atoms with Gasteiger partial charge < -0.3 is 23.7 Å². The summed E-state index contributed by atoms with van der Waals surface area (Å²) >= 11 is 4.81. The summed E-state index contributed by atoms with van der Waals surface area (Å²) in [5, 5.41) is 0. The summed E-state index contributed by atoms with van der Waals surface area (Å²) in [6.45, 7) is 4.31. The van der Waals surface area contributed by atoms with Crippen LogP contribution in [0.2, 0.25) is 0 Å². The maximum atomic E-state index is 13.9. The summed E-state index contributed by atoms with van der Waals surface area (Å²) in [6, 6.07) is 18.0. The Bertz CT molecular complexity index is 1930. The Kier molecular flexibility index (Phi) is 8.09. The van der Waals surface area contributed by atoms with Gasteiger partial charge in [-0.25, -0.2) is 9.79 Å². The molecule has 2 aliphatic heterocycles. The number of nitrogens with zero attached hydrogens (tertiary/aromatic N) is 2. The molecule has 0 spiro atoms. The molecule has 9 nitrogen and oxygen atoms in total. The van der Waals surface area contributed by atoms with E-state index in [-0.39, 0.29) is 19.0 Å². The van der Waals surface area contributed by atoms with E-state index >= 15 is 0 Å². The third-order valence-electron chi connectivity index (χ3n) is 7.03. The van der Waals surface area contributed by atoms with Crippen LogP contribution in [0, 0.1) is 0 Å². The molecule has 0 N–H and O–H groups in total. The molecule has 43 heavy (non-hydrogen) atoms. The van der Waals surface area contributed by atoms with E-state index in [9.17, 15) is 9.59 Å². The Morgan fingerprint density at radius 3 is 2.65 bits per heavy atom. The number of carbonyl (C=O) groups is 1. The standard InChI is InChI=1S/C32H27BrN2O7S/c1-4-39-31(37)28-18(2)34-32-35(29(28)21-8-12-24(38-3)23(33)15-21)30(36)27(43-32)14-19-5-9-22(10-6-19)40-16-20-7-11-25-26(13-20)42-17-41-25/h5-15,29H,4,16-17H2,1-3H3/b27-14+/t29-/m0/s1. The highest BCUT2D eigenvalue weighted by atomic mass is 79.9. The van der Waals surface area contributed by atoms with Crippen molar-refractivity contribution in [3.8, 4) is 23.0 Å². The van der Waals surface area contributed by atoms with E-state index in [4.69, 9.17) is 23.7 Å². The van der Waals surface area contributed by atoms with Crippen molar-refractivity contribution in [3.05, 3.63) is 113 Å². The second kappa shape index (κ2) is 12.1. The van der Waals surface area contributed by atoms with Crippen molar-refractivity contribution < 1.29 is 28.5 Å². The number of ether oxygens (including phenoxy) is 5. The normalized spacial score (nSPS) is 15.6. The first-order valence-electron chi connectivity index (χ1n) is 13.5. The maximum absolute atomic E-state index is 13.9. The second-order valence-corrected chi connectivity index (χ2v) is 11.6. The lowest BCUT2D eigenvalue weighted by Gasteiger charge is -2.25. The van der Waals surface area contributed by atoms with Crippen LogP contribution in [-0.4, -0.2) is 31.0 Å². The number of hydrogen-bond acceptors (Lipinski definition) is 9. The van der Waals surface area contributed by atoms with Crippen molar-refractivity contribution in [2.45, 2.75) is 26.5 Å². The molecular weight excluding hydrogens is 636 g/mol. The molecule has 0 amide bonds. The minimum absolute atomic E-state index is 0.204. The third kappa shape index (κ3) is 5.70. The number of halogens is 1. The number of carbonyl (C=O) groups excluding carboxylic acids is 1. The smallest absolute Gasteiger partial charge is 0.338 e. The topological polar surface area (TPSA) is 97.6 Å². The Morgan fingerprint density at radius 1 is 1.12 bits per heavy atom. The predicted molar refractivity (Wildman–Crippen MR) is 164 cm³/mol. The molecule has 0 saturated carbocycles. The van der Waals surface area contributed by atoms with E-state index in [0.29, 0.717) is 48.9 Å². The van der Waals surface area contributed by atoms with Crippen molar-refractivity contribution >= 4 is 39.3 Å². The van der Waals surface area contributed by atoms with Crippen LogP contribution in [-0.2, 0) is 16.1 Å². The molecule has 6 rings (SSSR count). The van der Waals surface area contributed by atoms with Crippen molar-refractivity contribution in [2.24, 2.45) is 4.99 Å². The van der Waals surface area contributed by atoms with E-state index in [1.165, 1.54) is 11.3 Å². The van der Waals surface area contributed by atoms with Crippen LogP contribution in [0.15, 0.2) is 86.2 Å². The fourth-order valence-corrected chi connectivity index (χ4v) is 6.57. The van der Waals surface area contributed by atoms with Crippen LogP contribution in [0.4, 0.5) is 0 Å². The Hall–Kier alpha value is -4.35. The molecule has 4 aromatic rings. The first kappa shape index (κ1) is 28.8. The van der Waals surface area contributed by atoms with Gasteiger partial charge >= 0.3 is 5.97 Å². The number of thiazole rings is 1. The van der Waals surface area contributed by atoms with Gasteiger partial charge in [0.15, 0.2) is 16.3 Å². The van der Waals surface area contributed by atoms with E-state index in [0.717, 1.165) is 22.4 Å². The summed E-state index contributed by atoms with van der Waals surface area (Å²) in [7, 11) is 1.58. The molecule has 11 heteroatoms. The van der Waals surface area contributed by atoms with Crippen molar-refractivity contribution in [1.29, 1.82) is 0 Å². The van der Waals surface area contributed by atoms with E-state index in [1.54, 1.807) is 31.6 Å². The van der Waals surface area contributed by atoms with Crippen LogP contribution in [0.3, 0.4) is 0 Å². The van der Waals surface area contributed by atoms with Crippen molar-refractivity contribution in [1.82, 2.24) is 4.57 Å². The zero-order chi connectivity index (χ0) is 30.1. The van der Waals surface area contributed by atoms with Gasteiger partial charge in [-0.05, 0) is 88.9 Å². The fraction of sp³-hybridized carbons (Fsp3) is 0.219. The Balaban J connectivity index is 1.31. The van der Waals surface area contributed by atoms with Crippen LogP contribution >= 0.6 is 27.3 Å². The molecule has 0 aliphatic carbocycles. The minimum Gasteiger partial charge on any atom is -0.496 e. The van der Waals surface area contributed by atoms with Gasteiger partial charge in [0.2, 0.25) is 6.79 Å². The van der Waals surface area contributed by atoms with Crippen molar-refractivity contribution in [3.63, 3.8) is 0 Å². The van der Waals surface area contributed by atoms with Crippen LogP contribution in [0.25, 0.3) is 6.08 Å². The summed E-state index contributed by atoms with van der Waals surface area (Å²) in [5.41, 5.74) is 3.09. The lowest BCUT2D eigenvalue weighted by Crippen LogP contribution is -2.39. The highest BCUT2D eigenvalue weighted by Crippen LogP contribution is 2.35. The molecule has 1 aromatic heterocycles. The highest BCUT2D eigenvalue weighted by Gasteiger charge is 2.33. The average Bonchev–Trinajstić information content (AvgIpc) is 3.59. The van der Waals surface area contributed by atoms with Gasteiger partial charge in [-0.2, -0.15) is 0 Å². The number of fused-ring (bicyclic) bond motifs is 2. The lowest BCUT2D eigenvalue weighted by atomic mass is 9.96. The van der Waals surface area contributed by atoms with E-state index < -0.39 is 12.0 Å². The molecule has 1 atom stereocenters. The minimum atomic E-state index is -0.716. The Labute approximate surface area is 259 Å². The van der Waals surface area contributed by atoms with Gasteiger partial charge in [0, 0.05) is 0 Å². The molecule has 2 aliphatic rings. The SMILES string of the molecule is CCOC(=O)C1=C(C)N=c2s/c(=C/c3ccc(OCc4ccc5c(c4)OCO5)cc3)c(=O)n2[C@H]1c1ccc(OC)c(Br)c1. The molecule has 0 saturated heterocycles. The zero-order valence-corrected chi connectivity index (χ0v) is 26.0. The number of benzene rings is 3. The fourth-order valence-electron chi connectivity index (χ4n) is 4.97. The quantitative estimate of drug-likeness (QED) is 0.248. The second-order valence-electron chi connectivity index (χ2n) is 9.74. The number of hydrogen-bond donors (Lipinski definition) is 0. The van der Waals surface area contributed by atoms with E-state index in [2.05, 4.69) is 20.9 Å². The van der Waals surface area contributed by atoms with Gasteiger partial charge in [0.05, 0.1) is 40.0 Å². The number of methoxy groups -OCH3 is 1. The van der Waals surface area contributed by atoms with Crippen molar-refractivity contribution in [2.75, 3.05) is 20.5 Å². The summed E-state index contributed by atoms with van der Waals surface area (Å²) in [6.07, 6.45) is 1.82. The molecule has 3 heterocycles. The molecule has 0 bridgehead atoms. The molecule has 0 radical (unpaired) electrons. The highest BCUT2D eigenvalue weighted by molar-refractivity contribution is 9.10. The van der Waals surface area contributed by atoms with Gasteiger partial charge in [-0.1, -0.05) is 35.6 Å². The zero-order valence-electron chi connectivity index (χ0n) is 23.6. The summed E-state index contributed by atoms with van der Waals surface area (Å²) < 4.78 is 30.3. The van der Waals surface area contributed by atoms with Crippen LogP contribution < -0.4 is 33.8 Å². The molecular formula is C32H27BrN2O7S. The van der Waals surface area contributed by atoms with Gasteiger partial charge in [-0.3, -0.25) is 9.36 Å². The summed E-state index contributed by atoms with van der Waals surface area (Å²) in [4.78, 5) is 32.1. The largest absolute Gasteiger partial charge is 0.496 e. The van der Waals surface area contributed by atoms with Crippen LogP contribution in [0.5, 0.6) is 23.0 Å². The molecule has 220 valence electrons. The number of aromatic nitrogens is 1. The molecule has 0 unspecified atom stereocenters. The van der Waals surface area contributed by atoms with E-state index in [1.807, 2.05) is 60.7 Å². The third-order valence-corrected chi connectivity index (χ3v) is 8.63. The van der Waals surface area contributed by atoms with Gasteiger partial charge in [0.25, 0.3) is 5.56 Å². The average molecular weight is 664 g/mol. The van der Waals surface area contributed by atoms with Crippen LogP contribution in [0.1, 0.15) is 36.6 Å². The number of rotatable bonds is 8. The number of esters is 1.